The van der Waals surface area contributed by atoms with Crippen molar-refractivity contribution >= 4 is 26.8 Å². The zero-order valence-corrected chi connectivity index (χ0v) is 7.30. The molecular weight excluding hydrogens is 202 g/mol. The number of nitrogens with zero attached hydrogens (tertiary/aromatic N) is 1. The van der Waals surface area contributed by atoms with Crippen molar-refractivity contribution in [2.75, 3.05) is 0 Å². The molecule has 1 nitrogen and oxygen atoms in total. The van der Waals surface area contributed by atoms with Gasteiger partial charge in [0.2, 0.25) is 0 Å². The SMILES string of the molecule is Brc1ccc2ccc[c]c2n1. The van der Waals surface area contributed by atoms with E-state index in [9.17, 15) is 0 Å². The molecule has 11 heavy (non-hydrogen) atoms. The van der Waals surface area contributed by atoms with Crippen molar-refractivity contribution in [1.29, 1.82) is 0 Å². The molecule has 53 valence electrons. The molecule has 0 aliphatic carbocycles. The minimum Gasteiger partial charge on any atom is -0.240 e. The number of rotatable bonds is 0. The van der Waals surface area contributed by atoms with Gasteiger partial charge in [0.15, 0.2) is 0 Å². The Morgan fingerprint density at radius 3 is 3.09 bits per heavy atom. The molecule has 0 spiro atoms. The zero-order valence-electron chi connectivity index (χ0n) is 5.71. The Balaban J connectivity index is 2.83. The molecule has 0 saturated heterocycles. The fourth-order valence-electron chi connectivity index (χ4n) is 0.975. The highest BCUT2D eigenvalue weighted by molar-refractivity contribution is 9.10. The molecule has 0 atom stereocenters. The second kappa shape index (κ2) is 2.62. The molecule has 0 N–H and O–H groups in total. The van der Waals surface area contributed by atoms with E-state index in [1.54, 1.807) is 0 Å². The summed E-state index contributed by atoms with van der Waals surface area (Å²) in [7, 11) is 0. The molecule has 0 unspecified atom stereocenters. The van der Waals surface area contributed by atoms with E-state index >= 15 is 0 Å². The van der Waals surface area contributed by atoms with Gasteiger partial charge in [-0.1, -0.05) is 24.3 Å². The molecule has 0 fully saturated rings. The van der Waals surface area contributed by atoms with Crippen LogP contribution in [0.1, 0.15) is 0 Å². The standard InChI is InChI=1S/C9H5BrN/c10-9-6-5-7-3-1-2-4-8(7)11-9/h1-3,5-6H. The number of halogens is 1. The molecule has 2 aromatic rings. The first-order valence-electron chi connectivity index (χ1n) is 3.29. The van der Waals surface area contributed by atoms with E-state index in [2.05, 4.69) is 27.0 Å². The third-order valence-electron chi connectivity index (χ3n) is 1.48. The maximum atomic E-state index is 4.24. The predicted molar refractivity (Wildman–Crippen MR) is 48.3 cm³/mol. The summed E-state index contributed by atoms with van der Waals surface area (Å²) in [5, 5.41) is 1.12. The highest BCUT2D eigenvalue weighted by Gasteiger charge is 1.92. The van der Waals surface area contributed by atoms with Crippen LogP contribution in [0, 0.1) is 6.07 Å². The number of aromatic nitrogens is 1. The topological polar surface area (TPSA) is 12.9 Å². The Hall–Kier alpha value is -0.890. The van der Waals surface area contributed by atoms with Crippen molar-refractivity contribution in [2.45, 2.75) is 0 Å². The van der Waals surface area contributed by atoms with Gasteiger partial charge in [-0.25, -0.2) is 4.98 Å². The highest BCUT2D eigenvalue weighted by atomic mass is 79.9. The summed E-state index contributed by atoms with van der Waals surface area (Å²) in [4.78, 5) is 4.24. The number of pyridine rings is 1. The van der Waals surface area contributed by atoms with Crippen molar-refractivity contribution < 1.29 is 0 Å². The summed E-state index contributed by atoms with van der Waals surface area (Å²) in [6.07, 6.45) is 0. The first-order chi connectivity index (χ1) is 5.36. The largest absolute Gasteiger partial charge is 0.240 e. The summed E-state index contributed by atoms with van der Waals surface area (Å²) in [6, 6.07) is 12.8. The lowest BCUT2D eigenvalue weighted by atomic mass is 10.2. The van der Waals surface area contributed by atoms with Crippen molar-refractivity contribution in [1.82, 2.24) is 4.98 Å². The third-order valence-corrected chi connectivity index (χ3v) is 1.93. The molecule has 1 radical (unpaired) electrons. The van der Waals surface area contributed by atoms with Gasteiger partial charge < -0.3 is 0 Å². The van der Waals surface area contributed by atoms with Crippen molar-refractivity contribution in [2.24, 2.45) is 0 Å². The minimum atomic E-state index is 0.854. The number of fused-ring (bicyclic) bond motifs is 1. The van der Waals surface area contributed by atoms with Crippen molar-refractivity contribution in [3.8, 4) is 0 Å². The van der Waals surface area contributed by atoms with Gasteiger partial charge in [0, 0.05) is 11.5 Å². The van der Waals surface area contributed by atoms with Gasteiger partial charge in [0.05, 0.1) is 5.52 Å². The summed E-state index contributed by atoms with van der Waals surface area (Å²) in [5.74, 6) is 0. The van der Waals surface area contributed by atoms with E-state index in [1.807, 2.05) is 30.3 Å². The average Bonchev–Trinajstić information content (AvgIpc) is 2.04. The fourth-order valence-corrected chi connectivity index (χ4v) is 1.28. The van der Waals surface area contributed by atoms with Crippen LogP contribution < -0.4 is 0 Å². The van der Waals surface area contributed by atoms with Crippen LogP contribution in [0.2, 0.25) is 0 Å². The number of hydrogen-bond donors (Lipinski definition) is 0. The Morgan fingerprint density at radius 2 is 2.18 bits per heavy atom. The summed E-state index contributed by atoms with van der Waals surface area (Å²) >= 11 is 3.30. The van der Waals surface area contributed by atoms with Gasteiger partial charge in [-0.15, -0.1) is 0 Å². The second-order valence-corrected chi connectivity index (χ2v) is 3.05. The molecule has 1 aromatic heterocycles. The number of benzene rings is 1. The van der Waals surface area contributed by atoms with E-state index < -0.39 is 0 Å². The molecule has 0 aliphatic rings. The molecule has 1 aromatic carbocycles. The molecule has 2 rings (SSSR count). The summed E-state index contributed by atoms with van der Waals surface area (Å²) in [6.45, 7) is 0. The van der Waals surface area contributed by atoms with Crippen LogP contribution in [0.25, 0.3) is 10.9 Å². The number of hydrogen-bond acceptors (Lipinski definition) is 1. The average molecular weight is 207 g/mol. The predicted octanol–water partition coefficient (Wildman–Crippen LogP) is 2.80. The summed E-state index contributed by atoms with van der Waals surface area (Å²) < 4.78 is 0.854. The molecular formula is C9H5BrN. The van der Waals surface area contributed by atoms with Gasteiger partial charge in [0.25, 0.3) is 0 Å². The van der Waals surface area contributed by atoms with E-state index in [-0.39, 0.29) is 0 Å². The molecule has 0 bridgehead atoms. The lowest BCUT2D eigenvalue weighted by molar-refractivity contribution is 1.35. The van der Waals surface area contributed by atoms with E-state index in [0.717, 1.165) is 15.5 Å². The van der Waals surface area contributed by atoms with Crippen molar-refractivity contribution in [3.05, 3.63) is 41.0 Å². The van der Waals surface area contributed by atoms with Gasteiger partial charge in [0.1, 0.15) is 4.60 Å². The van der Waals surface area contributed by atoms with Crippen LogP contribution in [0.3, 0.4) is 0 Å². The highest BCUT2D eigenvalue weighted by Crippen LogP contribution is 2.13. The first-order valence-corrected chi connectivity index (χ1v) is 4.08. The molecule has 0 aliphatic heterocycles. The Bertz CT molecular complexity index is 384. The third kappa shape index (κ3) is 1.26. The van der Waals surface area contributed by atoms with Crippen LogP contribution in [0.5, 0.6) is 0 Å². The van der Waals surface area contributed by atoms with Gasteiger partial charge in [-0.2, -0.15) is 0 Å². The lowest BCUT2D eigenvalue weighted by Crippen LogP contribution is -1.77. The quantitative estimate of drug-likeness (QED) is 0.605. The fraction of sp³-hybridized carbons (Fsp3) is 0. The van der Waals surface area contributed by atoms with Crippen LogP contribution in [0.4, 0.5) is 0 Å². The zero-order chi connectivity index (χ0) is 7.68. The van der Waals surface area contributed by atoms with Crippen LogP contribution in [-0.2, 0) is 0 Å². The molecule has 0 amide bonds. The lowest BCUT2D eigenvalue weighted by Gasteiger charge is -1.94. The Morgan fingerprint density at radius 1 is 1.27 bits per heavy atom. The second-order valence-electron chi connectivity index (χ2n) is 2.24. The minimum absolute atomic E-state index is 0.854. The first kappa shape index (κ1) is 6.80. The molecule has 2 heteroatoms. The molecule has 1 heterocycles. The van der Waals surface area contributed by atoms with Crippen LogP contribution >= 0.6 is 15.9 Å². The van der Waals surface area contributed by atoms with Gasteiger partial charge in [-0.05, 0) is 22.0 Å². The van der Waals surface area contributed by atoms with Crippen LogP contribution in [0.15, 0.2) is 34.9 Å². The van der Waals surface area contributed by atoms with Gasteiger partial charge in [-0.3, -0.25) is 0 Å². The van der Waals surface area contributed by atoms with E-state index in [4.69, 9.17) is 0 Å². The Kier molecular flexibility index (Phi) is 1.62. The maximum absolute atomic E-state index is 4.24. The normalized spacial score (nSPS) is 10.3. The van der Waals surface area contributed by atoms with E-state index in [1.165, 1.54) is 0 Å². The Labute approximate surface area is 73.2 Å². The number of para-hydroxylation sites is 1. The molecule has 0 saturated carbocycles. The maximum Gasteiger partial charge on any atom is 0.106 e. The van der Waals surface area contributed by atoms with Gasteiger partial charge >= 0.3 is 0 Å². The van der Waals surface area contributed by atoms with Crippen molar-refractivity contribution in [3.63, 3.8) is 0 Å². The smallest absolute Gasteiger partial charge is 0.106 e. The summed E-state index contributed by atoms with van der Waals surface area (Å²) in [5.41, 5.74) is 0.905. The monoisotopic (exact) mass is 206 g/mol. The van der Waals surface area contributed by atoms with Crippen LogP contribution in [-0.4, -0.2) is 4.98 Å². The van der Waals surface area contributed by atoms with E-state index in [0.29, 0.717) is 0 Å².